The molecule has 0 atom stereocenters. The van der Waals surface area contributed by atoms with E-state index in [1.54, 1.807) is 6.92 Å². The van der Waals surface area contributed by atoms with Gasteiger partial charge in [0.2, 0.25) is 0 Å². The molecule has 0 bridgehead atoms. The molecule has 1 aromatic heterocycles. The summed E-state index contributed by atoms with van der Waals surface area (Å²) in [4.78, 5) is 23.4. The van der Waals surface area contributed by atoms with Gasteiger partial charge in [-0.15, -0.1) is 0 Å². The molecule has 0 radical (unpaired) electrons. The number of hydrogen-bond acceptors (Lipinski definition) is 5. The standard InChI is InChI=1S/C13H12O5/c1-6-4-8-11(7(2)14)10(17-3)5-9(15)12(8)13(16)18-6/h4-5,15H,1-3H3. The Balaban J connectivity index is 3.08. The molecule has 5 nitrogen and oxygen atoms in total. The van der Waals surface area contributed by atoms with Gasteiger partial charge >= 0.3 is 5.63 Å². The van der Waals surface area contributed by atoms with Crippen molar-refractivity contribution in [2.75, 3.05) is 7.11 Å². The van der Waals surface area contributed by atoms with Gasteiger partial charge in [-0.05, 0) is 19.9 Å². The fourth-order valence-corrected chi connectivity index (χ4v) is 1.98. The summed E-state index contributed by atoms with van der Waals surface area (Å²) in [6.45, 7) is 2.97. The second kappa shape index (κ2) is 4.18. The zero-order valence-electron chi connectivity index (χ0n) is 10.2. The van der Waals surface area contributed by atoms with Crippen LogP contribution in [0, 0.1) is 6.92 Å². The Kier molecular flexibility index (Phi) is 2.82. The highest BCUT2D eigenvalue weighted by Crippen LogP contribution is 2.34. The Morgan fingerprint density at radius 3 is 2.61 bits per heavy atom. The van der Waals surface area contributed by atoms with Gasteiger partial charge in [0.15, 0.2) is 5.78 Å². The number of Topliss-reactive ketones (excluding diaryl/α,β-unsaturated/α-hetero) is 1. The molecule has 0 saturated carbocycles. The number of ketones is 1. The number of aromatic hydroxyl groups is 1. The topological polar surface area (TPSA) is 76.7 Å². The predicted molar refractivity (Wildman–Crippen MR) is 65.4 cm³/mol. The maximum Gasteiger partial charge on any atom is 0.347 e. The first kappa shape index (κ1) is 12.2. The zero-order valence-corrected chi connectivity index (χ0v) is 10.2. The molecule has 0 unspecified atom stereocenters. The molecule has 0 fully saturated rings. The van der Waals surface area contributed by atoms with E-state index in [9.17, 15) is 14.7 Å². The van der Waals surface area contributed by atoms with Crippen LogP contribution in [0.15, 0.2) is 21.3 Å². The maximum absolute atomic E-state index is 11.7. The fourth-order valence-electron chi connectivity index (χ4n) is 1.98. The lowest BCUT2D eigenvalue weighted by Crippen LogP contribution is -2.06. The van der Waals surface area contributed by atoms with Crippen LogP contribution >= 0.6 is 0 Å². The number of rotatable bonds is 2. The lowest BCUT2D eigenvalue weighted by atomic mass is 10.0. The molecule has 0 amide bonds. The van der Waals surface area contributed by atoms with Crippen molar-refractivity contribution >= 4 is 16.6 Å². The molecule has 94 valence electrons. The van der Waals surface area contributed by atoms with Gasteiger partial charge in [-0.1, -0.05) is 0 Å². The largest absolute Gasteiger partial charge is 0.507 e. The second-order valence-corrected chi connectivity index (χ2v) is 3.96. The first-order valence-corrected chi connectivity index (χ1v) is 5.31. The van der Waals surface area contributed by atoms with Gasteiger partial charge in [-0.3, -0.25) is 4.79 Å². The van der Waals surface area contributed by atoms with Crippen LogP contribution in [0.2, 0.25) is 0 Å². The number of methoxy groups -OCH3 is 1. The summed E-state index contributed by atoms with van der Waals surface area (Å²) < 4.78 is 9.97. The summed E-state index contributed by atoms with van der Waals surface area (Å²) in [5, 5.41) is 10.1. The van der Waals surface area contributed by atoms with E-state index in [4.69, 9.17) is 9.15 Å². The van der Waals surface area contributed by atoms with Crippen molar-refractivity contribution in [3.8, 4) is 11.5 Å². The summed E-state index contributed by atoms with van der Waals surface area (Å²) in [7, 11) is 1.39. The molecule has 18 heavy (non-hydrogen) atoms. The van der Waals surface area contributed by atoms with E-state index in [2.05, 4.69) is 0 Å². The molecule has 0 spiro atoms. The van der Waals surface area contributed by atoms with E-state index in [0.29, 0.717) is 11.1 Å². The zero-order chi connectivity index (χ0) is 13.4. The number of hydrogen-bond donors (Lipinski definition) is 1. The van der Waals surface area contributed by atoms with E-state index in [1.165, 1.54) is 26.2 Å². The van der Waals surface area contributed by atoms with Crippen LogP contribution in [0.5, 0.6) is 11.5 Å². The Morgan fingerprint density at radius 2 is 2.06 bits per heavy atom. The Morgan fingerprint density at radius 1 is 1.39 bits per heavy atom. The third-order valence-corrected chi connectivity index (χ3v) is 2.69. The van der Waals surface area contributed by atoms with Crippen LogP contribution in [0.3, 0.4) is 0 Å². The average Bonchev–Trinajstić information content (AvgIpc) is 2.26. The third kappa shape index (κ3) is 1.73. The van der Waals surface area contributed by atoms with Crippen LogP contribution in [0.25, 0.3) is 10.8 Å². The van der Waals surface area contributed by atoms with Crippen molar-refractivity contribution in [2.45, 2.75) is 13.8 Å². The first-order chi connectivity index (χ1) is 8.45. The normalized spacial score (nSPS) is 10.6. The molecule has 0 aliphatic carbocycles. The number of fused-ring (bicyclic) bond motifs is 1. The van der Waals surface area contributed by atoms with Gasteiger partial charge in [0, 0.05) is 11.5 Å². The molecular formula is C13H12O5. The number of ether oxygens (including phenoxy) is 1. The predicted octanol–water partition coefficient (Wildman–Crippen LogP) is 2.02. The number of benzene rings is 1. The van der Waals surface area contributed by atoms with Crippen LogP contribution in [-0.4, -0.2) is 18.0 Å². The molecule has 2 aromatic rings. The van der Waals surface area contributed by atoms with Crippen LogP contribution < -0.4 is 10.4 Å². The van der Waals surface area contributed by atoms with Crippen LogP contribution in [0.4, 0.5) is 0 Å². The van der Waals surface area contributed by atoms with Gasteiger partial charge in [0.05, 0.1) is 12.7 Å². The highest BCUT2D eigenvalue weighted by Gasteiger charge is 2.19. The number of carbonyl (C=O) groups excluding carboxylic acids is 1. The minimum absolute atomic E-state index is 0.00778. The fraction of sp³-hybridized carbons (Fsp3) is 0.231. The minimum atomic E-state index is -0.673. The first-order valence-electron chi connectivity index (χ1n) is 5.31. The van der Waals surface area contributed by atoms with Gasteiger partial charge in [0.1, 0.15) is 22.6 Å². The van der Waals surface area contributed by atoms with Crippen LogP contribution in [-0.2, 0) is 0 Å². The highest BCUT2D eigenvalue weighted by molar-refractivity contribution is 6.10. The molecule has 5 heteroatoms. The van der Waals surface area contributed by atoms with Gasteiger partial charge in [-0.25, -0.2) is 4.79 Å². The van der Waals surface area contributed by atoms with E-state index >= 15 is 0 Å². The Labute approximate surface area is 103 Å². The van der Waals surface area contributed by atoms with Crippen molar-refractivity contribution in [2.24, 2.45) is 0 Å². The lowest BCUT2D eigenvalue weighted by Gasteiger charge is -2.10. The summed E-state index contributed by atoms with van der Waals surface area (Å²) >= 11 is 0. The van der Waals surface area contributed by atoms with E-state index in [1.807, 2.05) is 0 Å². The molecule has 0 aliphatic rings. The van der Waals surface area contributed by atoms with Crippen molar-refractivity contribution in [3.63, 3.8) is 0 Å². The van der Waals surface area contributed by atoms with Gasteiger partial charge in [-0.2, -0.15) is 0 Å². The van der Waals surface area contributed by atoms with Gasteiger partial charge < -0.3 is 14.3 Å². The van der Waals surface area contributed by atoms with Crippen molar-refractivity contribution in [1.29, 1.82) is 0 Å². The summed E-state index contributed by atoms with van der Waals surface area (Å²) in [6.07, 6.45) is 0. The molecule has 1 heterocycles. The molecule has 0 aliphatic heterocycles. The number of aryl methyl sites for hydroxylation is 1. The molecule has 1 N–H and O–H groups in total. The quantitative estimate of drug-likeness (QED) is 0.823. The molecule has 2 rings (SSSR count). The number of phenols is 1. The smallest absolute Gasteiger partial charge is 0.347 e. The molecule has 0 saturated heterocycles. The van der Waals surface area contributed by atoms with Crippen molar-refractivity contribution in [3.05, 3.63) is 33.9 Å². The van der Waals surface area contributed by atoms with Crippen LogP contribution in [0.1, 0.15) is 23.0 Å². The summed E-state index contributed by atoms with van der Waals surface area (Å²) in [6, 6.07) is 2.78. The molecule has 1 aromatic carbocycles. The monoisotopic (exact) mass is 248 g/mol. The average molecular weight is 248 g/mol. The Hall–Kier alpha value is -2.30. The third-order valence-electron chi connectivity index (χ3n) is 2.69. The second-order valence-electron chi connectivity index (χ2n) is 3.96. The molecular weight excluding hydrogens is 236 g/mol. The van der Waals surface area contributed by atoms with E-state index in [-0.39, 0.29) is 28.2 Å². The van der Waals surface area contributed by atoms with Crippen molar-refractivity contribution in [1.82, 2.24) is 0 Å². The maximum atomic E-state index is 11.7. The van der Waals surface area contributed by atoms with E-state index in [0.717, 1.165) is 0 Å². The number of carbonyl (C=O) groups is 1. The lowest BCUT2D eigenvalue weighted by molar-refractivity contribution is 0.101. The SMILES string of the molecule is COc1cc(O)c2c(=O)oc(C)cc2c1C(C)=O. The Bertz CT molecular complexity index is 697. The summed E-state index contributed by atoms with van der Waals surface area (Å²) in [5.74, 6) is 0.0857. The van der Waals surface area contributed by atoms with E-state index < -0.39 is 5.63 Å². The highest BCUT2D eigenvalue weighted by atomic mass is 16.5. The summed E-state index contributed by atoms with van der Waals surface area (Å²) in [5.41, 5.74) is -0.408. The van der Waals surface area contributed by atoms with Crippen molar-refractivity contribution < 1.29 is 19.1 Å². The minimum Gasteiger partial charge on any atom is -0.507 e. The number of phenolic OH excluding ortho intramolecular Hbond substituents is 1. The van der Waals surface area contributed by atoms with Gasteiger partial charge in [0.25, 0.3) is 0 Å².